The number of urea groups is 1. The Morgan fingerprint density at radius 1 is 0.806 bits per heavy atom. The third-order valence-corrected chi connectivity index (χ3v) is 7.26. The highest BCUT2D eigenvalue weighted by Gasteiger charge is 2.15. The lowest BCUT2D eigenvalue weighted by Gasteiger charge is -2.12. The van der Waals surface area contributed by atoms with Gasteiger partial charge in [0, 0.05) is 24.6 Å². The zero-order valence-electron chi connectivity index (χ0n) is 22.6. The van der Waals surface area contributed by atoms with Gasteiger partial charge in [-0.2, -0.15) is 11.8 Å². The van der Waals surface area contributed by atoms with Crippen molar-refractivity contribution in [2.24, 2.45) is 5.73 Å². The fourth-order valence-electron chi connectivity index (χ4n) is 3.93. The summed E-state index contributed by atoms with van der Waals surface area (Å²) in [5, 5.41) is 5.77. The number of rotatable bonds is 23. The van der Waals surface area contributed by atoms with Gasteiger partial charge in [-0.25, -0.2) is 4.79 Å². The summed E-state index contributed by atoms with van der Waals surface area (Å²) in [6, 6.07) is 8.75. The highest BCUT2D eigenvalue weighted by atomic mass is 32.2. The summed E-state index contributed by atoms with van der Waals surface area (Å²) < 4.78 is 5.25. The molecule has 206 valence electrons. The molecule has 4 N–H and O–H groups in total. The van der Waals surface area contributed by atoms with E-state index in [1.807, 2.05) is 30.3 Å². The van der Waals surface area contributed by atoms with E-state index in [0.717, 1.165) is 18.5 Å². The average Bonchev–Trinajstić information content (AvgIpc) is 2.89. The van der Waals surface area contributed by atoms with Crippen LogP contribution in [0.5, 0.6) is 0 Å². The number of carbonyl (C=O) groups excluding carboxylic acids is 2. The zero-order chi connectivity index (χ0) is 26.1. The van der Waals surface area contributed by atoms with E-state index in [-0.39, 0.29) is 12.6 Å². The van der Waals surface area contributed by atoms with Crippen molar-refractivity contribution in [3.05, 3.63) is 35.9 Å². The maximum absolute atomic E-state index is 12.0. The van der Waals surface area contributed by atoms with Gasteiger partial charge in [0.15, 0.2) is 0 Å². The largest absolute Gasteiger partial charge is 0.460 e. The summed E-state index contributed by atoms with van der Waals surface area (Å²) in [7, 11) is 0. The van der Waals surface area contributed by atoms with Crippen LogP contribution in [0.2, 0.25) is 0 Å². The van der Waals surface area contributed by atoms with Gasteiger partial charge in [-0.3, -0.25) is 4.79 Å². The molecule has 36 heavy (non-hydrogen) atoms. The van der Waals surface area contributed by atoms with E-state index in [4.69, 9.17) is 10.5 Å². The van der Waals surface area contributed by atoms with Crippen molar-refractivity contribution in [3.8, 4) is 0 Å². The first kappa shape index (κ1) is 32.3. The lowest BCUT2D eigenvalue weighted by Crippen LogP contribution is -2.38. The van der Waals surface area contributed by atoms with Gasteiger partial charge in [0.05, 0.1) is 0 Å². The first-order valence-electron chi connectivity index (χ1n) is 14.2. The molecule has 1 atom stereocenters. The SMILES string of the molecule is CCCCCCCCCCCCCCCCNC(=O)NCCSC[C@H](N)C(=O)OCc1ccccc1. The zero-order valence-corrected chi connectivity index (χ0v) is 23.4. The number of carbonyl (C=O) groups is 2. The Kier molecular flexibility index (Phi) is 21.2. The summed E-state index contributed by atoms with van der Waals surface area (Å²) in [5.74, 6) is 0.771. The Labute approximate surface area is 224 Å². The van der Waals surface area contributed by atoms with Crippen LogP contribution in [0, 0.1) is 0 Å². The molecule has 0 aliphatic rings. The van der Waals surface area contributed by atoms with E-state index < -0.39 is 12.0 Å². The second-order valence-corrected chi connectivity index (χ2v) is 10.7. The Morgan fingerprint density at radius 3 is 1.92 bits per heavy atom. The van der Waals surface area contributed by atoms with Crippen LogP contribution in [0.3, 0.4) is 0 Å². The molecular weight excluding hydrogens is 470 g/mol. The number of unbranched alkanes of at least 4 members (excludes halogenated alkanes) is 13. The topological polar surface area (TPSA) is 93.5 Å². The summed E-state index contributed by atoms with van der Waals surface area (Å²) in [4.78, 5) is 23.8. The van der Waals surface area contributed by atoms with Gasteiger partial charge in [-0.1, -0.05) is 121 Å². The molecule has 0 saturated heterocycles. The Balaban J connectivity index is 1.83. The Morgan fingerprint density at radius 2 is 1.33 bits per heavy atom. The van der Waals surface area contributed by atoms with E-state index in [1.54, 1.807) is 0 Å². The third-order valence-electron chi connectivity index (χ3n) is 6.17. The predicted octanol–water partition coefficient (Wildman–Crippen LogP) is 6.57. The second kappa shape index (κ2) is 23.7. The Hall–Kier alpha value is -1.73. The molecule has 1 aromatic carbocycles. The molecule has 0 unspecified atom stereocenters. The lowest BCUT2D eigenvalue weighted by atomic mass is 10.0. The minimum atomic E-state index is -0.659. The summed E-state index contributed by atoms with van der Waals surface area (Å²) in [6.45, 7) is 3.77. The van der Waals surface area contributed by atoms with Gasteiger partial charge >= 0.3 is 12.0 Å². The number of nitrogens with one attached hydrogen (secondary N) is 2. The van der Waals surface area contributed by atoms with E-state index in [1.165, 1.54) is 95.2 Å². The number of thioether (sulfide) groups is 1. The molecular formula is C29H51N3O3S. The number of nitrogens with two attached hydrogens (primary N) is 1. The van der Waals surface area contributed by atoms with E-state index in [9.17, 15) is 9.59 Å². The predicted molar refractivity (Wildman–Crippen MR) is 153 cm³/mol. The fourth-order valence-corrected chi connectivity index (χ4v) is 4.74. The average molecular weight is 522 g/mol. The second-order valence-electron chi connectivity index (χ2n) is 9.55. The van der Waals surface area contributed by atoms with Crippen molar-refractivity contribution >= 4 is 23.8 Å². The van der Waals surface area contributed by atoms with Crippen molar-refractivity contribution in [2.45, 2.75) is 109 Å². The van der Waals surface area contributed by atoms with Crippen molar-refractivity contribution in [1.29, 1.82) is 0 Å². The molecule has 0 aliphatic carbocycles. The van der Waals surface area contributed by atoms with Gasteiger partial charge < -0.3 is 21.1 Å². The maximum atomic E-state index is 12.0. The van der Waals surface area contributed by atoms with Gasteiger partial charge in [0.25, 0.3) is 0 Å². The number of amides is 2. The Bertz CT molecular complexity index is 660. The maximum Gasteiger partial charge on any atom is 0.324 e. The van der Waals surface area contributed by atoms with Crippen molar-refractivity contribution < 1.29 is 14.3 Å². The van der Waals surface area contributed by atoms with Gasteiger partial charge in [0.1, 0.15) is 12.6 Å². The molecule has 7 heteroatoms. The number of hydrogen-bond acceptors (Lipinski definition) is 5. The van der Waals surface area contributed by atoms with E-state index >= 15 is 0 Å². The van der Waals surface area contributed by atoms with Crippen LogP contribution < -0.4 is 16.4 Å². The molecule has 0 aromatic heterocycles. The molecule has 1 rings (SSSR count). The molecule has 0 aliphatic heterocycles. The molecule has 1 aromatic rings. The van der Waals surface area contributed by atoms with Crippen molar-refractivity contribution in [2.75, 3.05) is 24.6 Å². The molecule has 0 fully saturated rings. The third kappa shape index (κ3) is 19.5. The molecule has 2 amide bonds. The summed E-state index contributed by atoms with van der Waals surface area (Å²) in [5.41, 5.74) is 6.84. The quantitative estimate of drug-likeness (QED) is 0.112. The first-order valence-corrected chi connectivity index (χ1v) is 15.3. The highest BCUT2D eigenvalue weighted by Crippen LogP contribution is 2.13. The number of benzene rings is 1. The summed E-state index contributed by atoms with van der Waals surface area (Å²) in [6.07, 6.45) is 18.6. The van der Waals surface area contributed by atoms with Crippen LogP contribution in [0.4, 0.5) is 4.79 Å². The molecule has 6 nitrogen and oxygen atoms in total. The standard InChI is InChI=1S/C29H51N3O3S/c1-2-3-4-5-6-7-8-9-10-11-12-13-14-18-21-31-29(34)32-22-23-36-25-27(30)28(33)35-24-26-19-16-15-17-20-26/h15-17,19-20,27H,2-14,18,21-25,30H2,1H3,(H2,31,32,34)/t27-/m0/s1. The normalized spacial score (nSPS) is 11.7. The summed E-state index contributed by atoms with van der Waals surface area (Å²) >= 11 is 1.53. The van der Waals surface area contributed by atoms with Crippen LogP contribution in [0.1, 0.15) is 102 Å². The number of ether oxygens (including phenoxy) is 1. The van der Waals surface area contributed by atoms with Crippen molar-refractivity contribution in [3.63, 3.8) is 0 Å². The van der Waals surface area contributed by atoms with Crippen molar-refractivity contribution in [1.82, 2.24) is 10.6 Å². The van der Waals surface area contributed by atoms with Crippen LogP contribution in [0.25, 0.3) is 0 Å². The molecule has 0 saturated carbocycles. The van der Waals surface area contributed by atoms with E-state index in [0.29, 0.717) is 18.1 Å². The van der Waals surface area contributed by atoms with Crippen LogP contribution in [0.15, 0.2) is 30.3 Å². The molecule has 0 bridgehead atoms. The smallest absolute Gasteiger partial charge is 0.324 e. The number of hydrogen-bond donors (Lipinski definition) is 3. The van der Waals surface area contributed by atoms with Crippen LogP contribution in [-0.2, 0) is 16.1 Å². The van der Waals surface area contributed by atoms with Gasteiger partial charge in [-0.05, 0) is 12.0 Å². The van der Waals surface area contributed by atoms with Crippen LogP contribution in [-0.4, -0.2) is 42.6 Å². The number of esters is 1. The molecule has 0 radical (unpaired) electrons. The minimum absolute atomic E-state index is 0.128. The van der Waals surface area contributed by atoms with Gasteiger partial charge in [-0.15, -0.1) is 0 Å². The fraction of sp³-hybridized carbons (Fsp3) is 0.724. The lowest BCUT2D eigenvalue weighted by molar-refractivity contribution is -0.145. The monoisotopic (exact) mass is 521 g/mol. The molecule has 0 heterocycles. The highest BCUT2D eigenvalue weighted by molar-refractivity contribution is 7.99. The van der Waals surface area contributed by atoms with Gasteiger partial charge in [0.2, 0.25) is 0 Å². The van der Waals surface area contributed by atoms with Crippen LogP contribution >= 0.6 is 11.8 Å². The first-order chi connectivity index (χ1) is 17.6. The minimum Gasteiger partial charge on any atom is -0.460 e. The van der Waals surface area contributed by atoms with E-state index in [2.05, 4.69) is 17.6 Å². The molecule has 0 spiro atoms.